The average molecular weight is 285 g/mol. The van der Waals surface area contributed by atoms with Gasteiger partial charge in [-0.3, -0.25) is 9.69 Å². The van der Waals surface area contributed by atoms with Gasteiger partial charge in [-0.15, -0.1) is 11.3 Å². The second kappa shape index (κ2) is 7.45. The van der Waals surface area contributed by atoms with Crippen molar-refractivity contribution in [1.29, 1.82) is 0 Å². The van der Waals surface area contributed by atoms with Crippen LogP contribution in [0.2, 0.25) is 0 Å². The quantitative estimate of drug-likeness (QED) is 0.768. The molecule has 0 bridgehead atoms. The molecule has 0 aliphatic carbocycles. The average Bonchev–Trinajstić information content (AvgIpc) is 2.78. The van der Waals surface area contributed by atoms with Crippen LogP contribution in [0, 0.1) is 0 Å². The molecule has 1 heterocycles. The van der Waals surface area contributed by atoms with Crippen LogP contribution >= 0.6 is 23.6 Å². The molecule has 2 N–H and O–H groups in total. The number of nitrogens with two attached hydrogens (primary N) is 1. The van der Waals surface area contributed by atoms with Crippen molar-refractivity contribution in [1.82, 2.24) is 9.80 Å². The van der Waals surface area contributed by atoms with Gasteiger partial charge in [0.2, 0.25) is 5.91 Å². The first-order chi connectivity index (χ1) is 8.49. The molecule has 0 saturated heterocycles. The minimum Gasteiger partial charge on any atom is -0.393 e. The van der Waals surface area contributed by atoms with Gasteiger partial charge in [0.25, 0.3) is 0 Å². The lowest BCUT2D eigenvalue weighted by molar-refractivity contribution is -0.130. The molecule has 0 aromatic carbocycles. The number of carbonyl (C=O) groups is 1. The molecule has 100 valence electrons. The van der Waals surface area contributed by atoms with Crippen LogP contribution in [0.5, 0.6) is 0 Å². The van der Waals surface area contributed by atoms with Crippen LogP contribution in [-0.2, 0) is 11.3 Å². The number of rotatable bonds is 7. The van der Waals surface area contributed by atoms with Gasteiger partial charge in [-0.1, -0.05) is 18.3 Å². The lowest BCUT2D eigenvalue weighted by Gasteiger charge is -2.21. The van der Waals surface area contributed by atoms with E-state index in [4.69, 9.17) is 18.0 Å². The summed E-state index contributed by atoms with van der Waals surface area (Å²) < 4.78 is 0. The van der Waals surface area contributed by atoms with E-state index in [1.54, 1.807) is 23.3 Å². The number of hydrogen-bond acceptors (Lipinski definition) is 4. The van der Waals surface area contributed by atoms with E-state index in [2.05, 4.69) is 6.07 Å². The summed E-state index contributed by atoms with van der Waals surface area (Å²) in [4.78, 5) is 17.3. The fraction of sp³-hybridized carbons (Fsp3) is 0.500. The van der Waals surface area contributed by atoms with Crippen LogP contribution in [0.4, 0.5) is 0 Å². The minimum absolute atomic E-state index is 0.0882. The van der Waals surface area contributed by atoms with Crippen molar-refractivity contribution in [2.45, 2.75) is 13.0 Å². The number of carbonyl (C=O) groups excluding carboxylic acids is 1. The molecule has 4 nitrogen and oxygen atoms in total. The first kappa shape index (κ1) is 15.1. The number of thiophene rings is 1. The van der Waals surface area contributed by atoms with Crippen molar-refractivity contribution in [3.8, 4) is 0 Å². The van der Waals surface area contributed by atoms with Crippen LogP contribution in [0.15, 0.2) is 17.5 Å². The maximum atomic E-state index is 11.9. The van der Waals surface area contributed by atoms with Gasteiger partial charge in [-0.2, -0.15) is 0 Å². The Morgan fingerprint density at radius 1 is 1.50 bits per heavy atom. The van der Waals surface area contributed by atoms with Gasteiger partial charge in [0.05, 0.1) is 11.5 Å². The minimum atomic E-state index is 0.0882. The third kappa shape index (κ3) is 5.57. The molecule has 18 heavy (non-hydrogen) atoms. The van der Waals surface area contributed by atoms with Gasteiger partial charge in [-0.25, -0.2) is 0 Å². The van der Waals surface area contributed by atoms with Gasteiger partial charge < -0.3 is 10.6 Å². The summed E-state index contributed by atoms with van der Waals surface area (Å²) in [5.41, 5.74) is 5.42. The van der Waals surface area contributed by atoms with Crippen molar-refractivity contribution >= 4 is 34.5 Å². The first-order valence-corrected chi connectivity index (χ1v) is 7.01. The number of likely N-dealkylation sites (N-methyl/N-ethyl adjacent to an activating group) is 2. The molecule has 0 radical (unpaired) electrons. The maximum Gasteiger partial charge on any atom is 0.236 e. The fourth-order valence-corrected chi connectivity index (χ4v) is 2.35. The molecule has 1 aromatic rings. The monoisotopic (exact) mass is 285 g/mol. The molecule has 0 fully saturated rings. The van der Waals surface area contributed by atoms with E-state index in [1.807, 2.05) is 23.4 Å². The zero-order chi connectivity index (χ0) is 13.5. The van der Waals surface area contributed by atoms with Crippen LogP contribution in [0.25, 0.3) is 0 Å². The van der Waals surface area contributed by atoms with Crippen LogP contribution < -0.4 is 5.73 Å². The summed E-state index contributed by atoms with van der Waals surface area (Å²) in [5, 5.41) is 2.04. The van der Waals surface area contributed by atoms with Crippen LogP contribution in [0.3, 0.4) is 0 Å². The summed E-state index contributed by atoms with van der Waals surface area (Å²) in [6, 6.07) is 4.09. The lowest BCUT2D eigenvalue weighted by atomic mass is 10.3. The third-order valence-electron chi connectivity index (χ3n) is 2.53. The molecule has 0 aliphatic rings. The van der Waals surface area contributed by atoms with E-state index in [0.29, 0.717) is 24.5 Å². The molecule has 0 unspecified atom stereocenters. The first-order valence-electron chi connectivity index (χ1n) is 5.72. The highest BCUT2D eigenvalue weighted by atomic mass is 32.1. The second-order valence-corrected chi connectivity index (χ2v) is 5.84. The number of thiocarbonyl (C=S) groups is 1. The highest BCUT2D eigenvalue weighted by Crippen LogP contribution is 2.10. The van der Waals surface area contributed by atoms with E-state index in [0.717, 1.165) is 6.54 Å². The molecule has 1 aromatic heterocycles. The SMILES string of the molecule is CN(CC(=O)N(C)CCC(N)=S)Cc1cccs1. The molecule has 0 spiro atoms. The Kier molecular flexibility index (Phi) is 6.24. The van der Waals surface area contributed by atoms with Crippen molar-refractivity contribution in [2.75, 3.05) is 27.2 Å². The van der Waals surface area contributed by atoms with Crippen LogP contribution in [-0.4, -0.2) is 47.9 Å². The Hall–Kier alpha value is -0.980. The maximum absolute atomic E-state index is 11.9. The third-order valence-corrected chi connectivity index (χ3v) is 3.60. The Labute approximate surface area is 117 Å². The fourth-order valence-electron chi connectivity index (χ4n) is 1.48. The van der Waals surface area contributed by atoms with Gasteiger partial charge in [0, 0.05) is 31.4 Å². The molecule has 1 rings (SSSR count). The second-order valence-electron chi connectivity index (χ2n) is 4.28. The van der Waals surface area contributed by atoms with Crippen LogP contribution in [0.1, 0.15) is 11.3 Å². The van der Waals surface area contributed by atoms with Crippen molar-refractivity contribution in [3.63, 3.8) is 0 Å². The van der Waals surface area contributed by atoms with Crippen molar-refractivity contribution in [3.05, 3.63) is 22.4 Å². The Morgan fingerprint density at radius 2 is 2.22 bits per heavy atom. The molecule has 0 saturated carbocycles. The molecule has 0 aliphatic heterocycles. The zero-order valence-corrected chi connectivity index (χ0v) is 12.4. The Balaban J connectivity index is 2.32. The number of hydrogen-bond donors (Lipinski definition) is 1. The largest absolute Gasteiger partial charge is 0.393 e. The van der Waals surface area contributed by atoms with Crippen molar-refractivity contribution in [2.24, 2.45) is 5.73 Å². The molecular weight excluding hydrogens is 266 g/mol. The van der Waals surface area contributed by atoms with E-state index in [1.165, 1.54) is 4.88 Å². The molecule has 0 atom stereocenters. The Bertz CT molecular complexity index is 392. The predicted octanol–water partition coefficient (Wildman–Crippen LogP) is 1.31. The summed E-state index contributed by atoms with van der Waals surface area (Å²) in [5.74, 6) is 0.0882. The topological polar surface area (TPSA) is 49.6 Å². The lowest BCUT2D eigenvalue weighted by Crippen LogP contribution is -2.37. The number of amides is 1. The van der Waals surface area contributed by atoms with Gasteiger partial charge in [0.15, 0.2) is 0 Å². The highest BCUT2D eigenvalue weighted by Gasteiger charge is 2.12. The van der Waals surface area contributed by atoms with Gasteiger partial charge in [-0.05, 0) is 18.5 Å². The number of nitrogens with zero attached hydrogens (tertiary/aromatic N) is 2. The smallest absolute Gasteiger partial charge is 0.236 e. The molecular formula is C12H19N3OS2. The highest BCUT2D eigenvalue weighted by molar-refractivity contribution is 7.80. The van der Waals surface area contributed by atoms with E-state index >= 15 is 0 Å². The summed E-state index contributed by atoms with van der Waals surface area (Å²) >= 11 is 6.50. The molecule has 6 heteroatoms. The van der Waals surface area contributed by atoms with E-state index in [-0.39, 0.29) is 5.91 Å². The summed E-state index contributed by atoms with van der Waals surface area (Å²) in [6.07, 6.45) is 0.576. The standard InChI is InChI=1S/C12H19N3OS2/c1-14(8-10-4-3-7-18-10)9-12(16)15(2)6-5-11(13)17/h3-4,7H,5-6,8-9H2,1-2H3,(H2,13,17). The van der Waals surface area contributed by atoms with Gasteiger partial charge in [0.1, 0.15) is 0 Å². The summed E-state index contributed by atoms with van der Waals surface area (Å²) in [7, 11) is 3.72. The summed E-state index contributed by atoms with van der Waals surface area (Å²) in [6.45, 7) is 1.79. The predicted molar refractivity (Wildman–Crippen MR) is 79.7 cm³/mol. The normalized spacial score (nSPS) is 10.6. The Morgan fingerprint density at radius 3 is 2.78 bits per heavy atom. The van der Waals surface area contributed by atoms with E-state index < -0.39 is 0 Å². The zero-order valence-electron chi connectivity index (χ0n) is 10.8. The van der Waals surface area contributed by atoms with E-state index in [9.17, 15) is 4.79 Å². The van der Waals surface area contributed by atoms with Gasteiger partial charge >= 0.3 is 0 Å². The van der Waals surface area contributed by atoms with Crippen molar-refractivity contribution < 1.29 is 4.79 Å². The molecule has 1 amide bonds.